The van der Waals surface area contributed by atoms with Crippen molar-refractivity contribution in [1.29, 1.82) is 0 Å². The zero-order valence-electron chi connectivity index (χ0n) is 19.3. The number of fused-ring (bicyclic) bond motifs is 1. The Labute approximate surface area is 220 Å². The first-order valence-electron chi connectivity index (χ1n) is 10.8. The van der Waals surface area contributed by atoms with Crippen molar-refractivity contribution >= 4 is 51.2 Å². The number of hydrogen-bond acceptors (Lipinski definition) is 6. The lowest BCUT2D eigenvalue weighted by atomic mass is 10.2. The number of aromatic nitrogens is 2. The van der Waals surface area contributed by atoms with Gasteiger partial charge in [0.2, 0.25) is 0 Å². The molecular weight excluding hydrogens is 525 g/mol. The molecule has 0 fully saturated rings. The summed E-state index contributed by atoms with van der Waals surface area (Å²) in [6.45, 7) is 3.22. The molecule has 2 aromatic heterocycles. The maximum atomic E-state index is 13.8. The van der Waals surface area contributed by atoms with Gasteiger partial charge < -0.3 is 22.0 Å². The first-order chi connectivity index (χ1) is 16.5. The zero-order valence-corrected chi connectivity index (χ0v) is 22.5. The predicted octanol–water partition coefficient (Wildman–Crippen LogP) is 0.615. The Morgan fingerprint density at radius 3 is 2.77 bits per heavy atom. The van der Waals surface area contributed by atoms with E-state index in [0.717, 1.165) is 36.6 Å². The summed E-state index contributed by atoms with van der Waals surface area (Å²) in [5.74, 6) is 0.578. The van der Waals surface area contributed by atoms with Gasteiger partial charge in [-0.3, -0.25) is 9.36 Å². The smallest absolute Gasteiger partial charge is 0.271 e. The van der Waals surface area contributed by atoms with Crippen LogP contribution in [-0.2, 0) is 13.1 Å². The summed E-state index contributed by atoms with van der Waals surface area (Å²) in [7, 11) is 3.60. The van der Waals surface area contributed by atoms with Crippen molar-refractivity contribution in [2.75, 3.05) is 19.1 Å². The van der Waals surface area contributed by atoms with Gasteiger partial charge >= 0.3 is 0 Å². The van der Waals surface area contributed by atoms with Crippen LogP contribution in [0.2, 0.25) is 0 Å². The van der Waals surface area contributed by atoms with Gasteiger partial charge in [-0.1, -0.05) is 35.2 Å². The van der Waals surface area contributed by atoms with Gasteiger partial charge in [-0.25, -0.2) is 4.39 Å². The summed E-state index contributed by atoms with van der Waals surface area (Å²) in [5, 5.41) is 3.93. The number of para-hydroxylation sites is 1. The molecule has 0 saturated carbocycles. The maximum Gasteiger partial charge on any atom is 0.271 e. The lowest BCUT2D eigenvalue weighted by Crippen LogP contribution is -3.00. The molecule has 1 aliphatic heterocycles. The normalized spacial score (nSPS) is 14.7. The fourth-order valence-electron chi connectivity index (χ4n) is 3.98. The molecule has 3 heterocycles. The van der Waals surface area contributed by atoms with E-state index in [-0.39, 0.29) is 23.8 Å². The minimum Gasteiger partial charge on any atom is -1.00 e. The predicted molar refractivity (Wildman–Crippen MR) is 138 cm³/mol. The third-order valence-electron chi connectivity index (χ3n) is 5.71. The van der Waals surface area contributed by atoms with Gasteiger partial charge in [-0.05, 0) is 37.3 Å². The van der Waals surface area contributed by atoms with E-state index in [4.69, 9.17) is 4.74 Å². The second-order valence-electron chi connectivity index (χ2n) is 7.72. The second kappa shape index (κ2) is 10.6. The van der Waals surface area contributed by atoms with Gasteiger partial charge in [-0.15, -0.1) is 11.3 Å². The first-order valence-corrected chi connectivity index (χ1v) is 13.3. The second-order valence-corrected chi connectivity index (χ2v) is 10.7. The fourth-order valence-corrected chi connectivity index (χ4v) is 7.32. The number of halogens is 2. The van der Waals surface area contributed by atoms with E-state index in [9.17, 15) is 9.18 Å². The van der Waals surface area contributed by atoms with Crippen molar-refractivity contribution < 1.29 is 26.1 Å². The number of ether oxygens (including phenoxy) is 1. The van der Waals surface area contributed by atoms with Crippen LogP contribution in [-0.4, -0.2) is 18.7 Å². The molecule has 2 aromatic carbocycles. The van der Waals surface area contributed by atoms with Crippen molar-refractivity contribution in [2.45, 2.75) is 24.9 Å². The Bertz CT molecular complexity index is 1560. The highest BCUT2D eigenvalue weighted by atomic mass is 35.5. The summed E-state index contributed by atoms with van der Waals surface area (Å²) >= 11 is 4.55. The number of methoxy groups -OCH3 is 1. The molecule has 0 aliphatic carbocycles. The van der Waals surface area contributed by atoms with Gasteiger partial charge in [0, 0.05) is 18.5 Å². The Morgan fingerprint density at radius 2 is 2.00 bits per heavy atom. The molecule has 5 rings (SSSR count). The van der Waals surface area contributed by atoms with Gasteiger partial charge in [0.25, 0.3) is 10.6 Å². The van der Waals surface area contributed by atoms with Crippen LogP contribution in [0.3, 0.4) is 0 Å². The number of thioether (sulfide) groups is 1. The van der Waals surface area contributed by atoms with E-state index in [0.29, 0.717) is 17.6 Å². The van der Waals surface area contributed by atoms with Crippen LogP contribution in [0.1, 0.15) is 17.5 Å². The van der Waals surface area contributed by atoms with Crippen molar-refractivity contribution in [3.8, 4) is 5.75 Å². The Kier molecular flexibility index (Phi) is 7.70. The molecular formula is C25H23ClFN3O2S3. The quantitative estimate of drug-likeness (QED) is 0.343. The topological polar surface area (TPSA) is 38.4 Å². The van der Waals surface area contributed by atoms with E-state index in [1.54, 1.807) is 29.1 Å². The van der Waals surface area contributed by atoms with Crippen molar-refractivity contribution in [1.82, 2.24) is 4.57 Å². The molecule has 0 atom stereocenters. The van der Waals surface area contributed by atoms with E-state index >= 15 is 0 Å². The van der Waals surface area contributed by atoms with Crippen LogP contribution in [0.4, 0.5) is 10.1 Å². The molecule has 1 aliphatic rings. The molecule has 0 radical (unpaired) electrons. The van der Waals surface area contributed by atoms with Crippen molar-refractivity contribution in [2.24, 2.45) is 0 Å². The molecule has 0 spiro atoms. The Morgan fingerprint density at radius 1 is 1.20 bits per heavy atom. The largest absolute Gasteiger partial charge is 1.00 e. The molecule has 0 N–H and O–H groups in total. The molecule has 0 unspecified atom stereocenters. The number of rotatable bonds is 5. The SMILES string of the molecule is CCn1c(=O)/c(=C2\Sc3cc(F)ccc3N2C)s/c1=C\c1scc[n+]1Cc1ccccc1OC.[Cl-]. The minimum atomic E-state index is -0.274. The first kappa shape index (κ1) is 25.5. The van der Waals surface area contributed by atoms with Gasteiger partial charge in [-0.2, -0.15) is 4.57 Å². The minimum absolute atomic E-state index is 0. The molecule has 0 bridgehead atoms. The monoisotopic (exact) mass is 547 g/mol. The van der Waals surface area contributed by atoms with E-state index in [1.807, 2.05) is 48.6 Å². The number of thiazole rings is 2. The van der Waals surface area contributed by atoms with Crippen LogP contribution >= 0.6 is 34.4 Å². The summed E-state index contributed by atoms with van der Waals surface area (Å²) in [6, 6.07) is 12.7. The van der Waals surface area contributed by atoms with Crippen LogP contribution < -0.4 is 41.4 Å². The van der Waals surface area contributed by atoms with Gasteiger partial charge in [0.1, 0.15) is 25.8 Å². The molecule has 10 heteroatoms. The molecule has 4 aromatic rings. The van der Waals surface area contributed by atoms with Gasteiger partial charge in [0.15, 0.2) is 12.7 Å². The number of nitrogens with zero attached hydrogens (tertiary/aromatic N) is 3. The molecule has 182 valence electrons. The van der Waals surface area contributed by atoms with Crippen LogP contribution in [0, 0.1) is 5.82 Å². The van der Waals surface area contributed by atoms with E-state index in [2.05, 4.69) is 16.7 Å². The molecule has 0 saturated heterocycles. The zero-order chi connectivity index (χ0) is 23.8. The highest BCUT2D eigenvalue weighted by Crippen LogP contribution is 2.45. The molecule has 5 nitrogen and oxygen atoms in total. The summed E-state index contributed by atoms with van der Waals surface area (Å²) in [5.41, 5.74) is 1.98. The lowest BCUT2D eigenvalue weighted by Gasteiger charge is -2.12. The van der Waals surface area contributed by atoms with Crippen molar-refractivity contribution in [3.63, 3.8) is 0 Å². The highest BCUT2D eigenvalue weighted by molar-refractivity contribution is 8.08. The third-order valence-corrected chi connectivity index (χ3v) is 9.03. The van der Waals surface area contributed by atoms with Crippen LogP contribution in [0.15, 0.2) is 63.7 Å². The maximum absolute atomic E-state index is 13.8. The summed E-state index contributed by atoms with van der Waals surface area (Å²) in [4.78, 5) is 16.2. The molecule has 0 amide bonds. The standard InChI is InChI=1S/C25H23FN3O2S3.ClH/c1-4-29-22(14-21-28(11-12-32-21)15-16-7-5-6-8-19(16)31-3)34-23(24(29)30)25-27(2)18-10-9-17(26)13-20(18)33-25;/h5-14H,4,15H2,1-3H3;1H/q+1;/p-1/b25-23+;. The van der Waals surface area contributed by atoms with Crippen LogP contribution in [0.25, 0.3) is 11.1 Å². The summed E-state index contributed by atoms with van der Waals surface area (Å²) < 4.78 is 24.8. The van der Waals surface area contributed by atoms with E-state index < -0.39 is 0 Å². The highest BCUT2D eigenvalue weighted by Gasteiger charge is 2.25. The third kappa shape index (κ3) is 4.78. The molecule has 35 heavy (non-hydrogen) atoms. The van der Waals surface area contributed by atoms with Crippen LogP contribution in [0.5, 0.6) is 5.75 Å². The summed E-state index contributed by atoms with van der Waals surface area (Å²) in [6.07, 6.45) is 4.12. The van der Waals surface area contributed by atoms with E-state index in [1.165, 1.54) is 35.2 Å². The Hall–Kier alpha value is -2.59. The Balaban J connectivity index is 0.00000289. The number of anilines is 1. The fraction of sp³-hybridized carbons (Fsp3) is 0.200. The number of benzene rings is 2. The van der Waals surface area contributed by atoms with Crippen molar-refractivity contribution in [3.05, 3.63) is 90.0 Å². The van der Waals surface area contributed by atoms with Gasteiger partial charge in [0.05, 0.1) is 29.8 Å². The average molecular weight is 548 g/mol. The number of hydrogen-bond donors (Lipinski definition) is 0. The average Bonchev–Trinajstić information content (AvgIpc) is 3.50. The lowest BCUT2D eigenvalue weighted by molar-refractivity contribution is -0.685.